The fraction of sp³-hybridized carbons (Fsp3) is 0.650. The monoisotopic (exact) mass is 334 g/mol. The summed E-state index contributed by atoms with van der Waals surface area (Å²) in [7, 11) is 0. The molecule has 0 aromatic heterocycles. The minimum Gasteiger partial charge on any atom is -0.395 e. The summed E-state index contributed by atoms with van der Waals surface area (Å²) in [5.74, 6) is 0.817. The Bertz CT molecular complexity index is 495. The fourth-order valence-electron chi connectivity index (χ4n) is 2.77. The summed E-state index contributed by atoms with van der Waals surface area (Å²) in [4.78, 5) is 14.4. The van der Waals surface area contributed by atoms with E-state index in [9.17, 15) is 4.79 Å². The van der Waals surface area contributed by atoms with Crippen LogP contribution in [0.25, 0.3) is 0 Å². The molecule has 0 saturated heterocycles. The molecule has 1 unspecified atom stereocenters. The highest BCUT2D eigenvalue weighted by Gasteiger charge is 2.20. The third kappa shape index (κ3) is 6.25. The summed E-state index contributed by atoms with van der Waals surface area (Å²) in [6.45, 7) is 13.6. The first kappa shape index (κ1) is 20.7. The molecule has 24 heavy (non-hydrogen) atoms. The Morgan fingerprint density at radius 3 is 2.00 bits per heavy atom. The number of nitrogens with one attached hydrogen (secondary N) is 1. The standard InChI is InChI=1S/C20H34N2O2/c1-14(2)17-7-9-18(10-8-17)20(15(3)4)21-19(24)13-22(11-12-23)16(5)6/h7-10,14-16,20,23H,11-13H2,1-6H3,(H,21,24). The fourth-order valence-corrected chi connectivity index (χ4v) is 2.77. The highest BCUT2D eigenvalue weighted by atomic mass is 16.3. The molecule has 0 aliphatic carbocycles. The first-order valence-electron chi connectivity index (χ1n) is 9.00. The van der Waals surface area contributed by atoms with Gasteiger partial charge in [-0.05, 0) is 36.8 Å². The molecule has 136 valence electrons. The quantitative estimate of drug-likeness (QED) is 0.728. The molecule has 4 heteroatoms. The maximum Gasteiger partial charge on any atom is 0.234 e. The lowest BCUT2D eigenvalue weighted by atomic mass is 9.93. The van der Waals surface area contributed by atoms with Crippen LogP contribution in [-0.2, 0) is 4.79 Å². The maximum absolute atomic E-state index is 12.5. The van der Waals surface area contributed by atoms with Crippen LogP contribution >= 0.6 is 0 Å². The zero-order valence-electron chi connectivity index (χ0n) is 16.0. The van der Waals surface area contributed by atoms with Crippen molar-refractivity contribution in [3.8, 4) is 0 Å². The zero-order valence-corrected chi connectivity index (χ0v) is 16.0. The van der Waals surface area contributed by atoms with Crippen molar-refractivity contribution in [2.45, 2.75) is 59.5 Å². The van der Waals surface area contributed by atoms with E-state index in [1.54, 1.807) is 0 Å². The summed E-state index contributed by atoms with van der Waals surface area (Å²) in [6.07, 6.45) is 0. The van der Waals surface area contributed by atoms with Crippen LogP contribution in [0.15, 0.2) is 24.3 Å². The van der Waals surface area contributed by atoms with E-state index in [0.29, 0.717) is 24.9 Å². The van der Waals surface area contributed by atoms with Gasteiger partial charge in [0.2, 0.25) is 5.91 Å². The van der Waals surface area contributed by atoms with Crippen LogP contribution in [0.3, 0.4) is 0 Å². The minimum atomic E-state index is 0.00171. The van der Waals surface area contributed by atoms with E-state index < -0.39 is 0 Å². The Morgan fingerprint density at radius 2 is 1.58 bits per heavy atom. The van der Waals surface area contributed by atoms with Crippen LogP contribution < -0.4 is 5.32 Å². The van der Waals surface area contributed by atoms with Crippen LogP contribution in [0.1, 0.15) is 64.6 Å². The number of aliphatic hydroxyl groups excluding tert-OH is 1. The van der Waals surface area contributed by atoms with Gasteiger partial charge in [0.05, 0.1) is 19.2 Å². The number of benzene rings is 1. The summed E-state index contributed by atoms with van der Waals surface area (Å²) in [6, 6.07) is 8.76. The smallest absolute Gasteiger partial charge is 0.234 e. The number of hydrogen-bond acceptors (Lipinski definition) is 3. The first-order chi connectivity index (χ1) is 11.3. The van der Waals surface area contributed by atoms with Crippen molar-refractivity contribution in [2.75, 3.05) is 19.7 Å². The first-order valence-corrected chi connectivity index (χ1v) is 9.00. The largest absolute Gasteiger partial charge is 0.395 e. The lowest BCUT2D eigenvalue weighted by Crippen LogP contribution is -2.43. The Labute approximate surface area is 147 Å². The molecule has 1 rings (SSSR count). The van der Waals surface area contributed by atoms with Crippen molar-refractivity contribution in [1.82, 2.24) is 10.2 Å². The average Bonchev–Trinajstić information content (AvgIpc) is 2.52. The van der Waals surface area contributed by atoms with Crippen LogP contribution in [0, 0.1) is 5.92 Å². The van der Waals surface area contributed by atoms with E-state index in [4.69, 9.17) is 5.11 Å². The molecule has 1 aromatic carbocycles. The van der Waals surface area contributed by atoms with Gasteiger partial charge in [-0.1, -0.05) is 52.0 Å². The summed E-state index contributed by atoms with van der Waals surface area (Å²) >= 11 is 0. The molecule has 2 N–H and O–H groups in total. The van der Waals surface area contributed by atoms with Crippen molar-refractivity contribution in [2.24, 2.45) is 5.92 Å². The lowest BCUT2D eigenvalue weighted by molar-refractivity contribution is -0.123. The van der Waals surface area contributed by atoms with E-state index >= 15 is 0 Å². The molecular formula is C20H34N2O2. The topological polar surface area (TPSA) is 52.6 Å². The van der Waals surface area contributed by atoms with Crippen molar-refractivity contribution < 1.29 is 9.90 Å². The Hall–Kier alpha value is -1.39. The van der Waals surface area contributed by atoms with E-state index in [-0.39, 0.29) is 24.6 Å². The number of aliphatic hydroxyl groups is 1. The molecule has 0 fully saturated rings. The molecule has 0 heterocycles. The number of nitrogens with zero attached hydrogens (tertiary/aromatic N) is 1. The van der Waals surface area contributed by atoms with Crippen LogP contribution in [0.5, 0.6) is 0 Å². The molecule has 1 atom stereocenters. The molecule has 0 aliphatic rings. The van der Waals surface area contributed by atoms with E-state index in [1.165, 1.54) is 5.56 Å². The highest BCUT2D eigenvalue weighted by molar-refractivity contribution is 5.78. The molecule has 0 radical (unpaired) electrons. The van der Waals surface area contributed by atoms with Crippen molar-refractivity contribution in [3.05, 3.63) is 35.4 Å². The minimum absolute atomic E-state index is 0.00171. The second-order valence-corrected chi connectivity index (χ2v) is 7.40. The number of rotatable bonds is 9. The van der Waals surface area contributed by atoms with Gasteiger partial charge in [0.15, 0.2) is 0 Å². The summed E-state index contributed by atoms with van der Waals surface area (Å²) in [5.41, 5.74) is 2.45. The third-order valence-corrected chi connectivity index (χ3v) is 4.41. The predicted molar refractivity (Wildman–Crippen MR) is 100 cm³/mol. The number of carbonyl (C=O) groups excluding carboxylic acids is 1. The average molecular weight is 335 g/mol. The summed E-state index contributed by atoms with van der Waals surface area (Å²) in [5, 5.41) is 12.3. The molecule has 0 bridgehead atoms. The zero-order chi connectivity index (χ0) is 18.3. The Morgan fingerprint density at radius 1 is 1.04 bits per heavy atom. The number of hydrogen-bond donors (Lipinski definition) is 2. The number of amides is 1. The molecule has 1 aromatic rings. The van der Waals surface area contributed by atoms with Gasteiger partial charge >= 0.3 is 0 Å². The van der Waals surface area contributed by atoms with Gasteiger partial charge in [-0.25, -0.2) is 0 Å². The Kier molecular flexibility index (Phi) is 8.43. The molecule has 4 nitrogen and oxygen atoms in total. The molecule has 1 amide bonds. The second kappa shape index (κ2) is 9.80. The van der Waals surface area contributed by atoms with Gasteiger partial charge < -0.3 is 10.4 Å². The second-order valence-electron chi connectivity index (χ2n) is 7.40. The van der Waals surface area contributed by atoms with Crippen molar-refractivity contribution >= 4 is 5.91 Å². The highest BCUT2D eigenvalue weighted by Crippen LogP contribution is 2.24. The van der Waals surface area contributed by atoms with Gasteiger partial charge in [-0.2, -0.15) is 0 Å². The molecule has 0 aliphatic heterocycles. The normalized spacial score (nSPS) is 13.1. The Balaban J connectivity index is 2.80. The van der Waals surface area contributed by atoms with E-state index in [1.807, 2.05) is 18.7 Å². The van der Waals surface area contributed by atoms with Crippen LogP contribution in [0.4, 0.5) is 0 Å². The molecular weight excluding hydrogens is 300 g/mol. The van der Waals surface area contributed by atoms with Gasteiger partial charge in [-0.15, -0.1) is 0 Å². The molecule has 0 saturated carbocycles. The van der Waals surface area contributed by atoms with Crippen molar-refractivity contribution in [1.29, 1.82) is 0 Å². The number of carbonyl (C=O) groups is 1. The third-order valence-electron chi connectivity index (χ3n) is 4.41. The molecule has 0 spiro atoms. The van der Waals surface area contributed by atoms with Gasteiger partial charge in [-0.3, -0.25) is 9.69 Å². The van der Waals surface area contributed by atoms with Crippen LogP contribution in [-0.4, -0.2) is 41.7 Å². The van der Waals surface area contributed by atoms with Gasteiger partial charge in [0, 0.05) is 12.6 Å². The van der Waals surface area contributed by atoms with E-state index in [0.717, 1.165) is 5.56 Å². The van der Waals surface area contributed by atoms with Gasteiger partial charge in [0.25, 0.3) is 0 Å². The van der Waals surface area contributed by atoms with Crippen LogP contribution in [0.2, 0.25) is 0 Å². The summed E-state index contributed by atoms with van der Waals surface area (Å²) < 4.78 is 0. The predicted octanol–water partition coefficient (Wildman–Crippen LogP) is 3.33. The maximum atomic E-state index is 12.5. The SMILES string of the molecule is CC(C)c1ccc(C(NC(=O)CN(CCO)C(C)C)C(C)C)cc1. The van der Waals surface area contributed by atoms with Gasteiger partial charge in [0.1, 0.15) is 0 Å². The van der Waals surface area contributed by atoms with E-state index in [2.05, 4.69) is 57.3 Å². The van der Waals surface area contributed by atoms with Crippen molar-refractivity contribution in [3.63, 3.8) is 0 Å². The lowest BCUT2D eigenvalue weighted by Gasteiger charge is -2.28.